The highest BCUT2D eigenvalue weighted by molar-refractivity contribution is 6.30. The number of carbonyl (C=O) groups excluding carboxylic acids is 2. The zero-order valence-corrected chi connectivity index (χ0v) is 18.7. The van der Waals surface area contributed by atoms with Crippen molar-refractivity contribution in [2.24, 2.45) is 0 Å². The summed E-state index contributed by atoms with van der Waals surface area (Å²) in [6, 6.07) is 5.48. The Morgan fingerprint density at radius 2 is 2.00 bits per heavy atom. The molecule has 0 radical (unpaired) electrons. The normalized spacial score (nSPS) is 21.2. The van der Waals surface area contributed by atoms with Crippen LogP contribution in [0.5, 0.6) is 0 Å². The largest absolute Gasteiger partial charge is 0.414 e. The number of carbonyl (C=O) groups is 2. The zero-order chi connectivity index (χ0) is 23.8. The van der Waals surface area contributed by atoms with Gasteiger partial charge >= 0.3 is 6.18 Å². The lowest BCUT2D eigenvalue weighted by Gasteiger charge is -2.33. The number of hydrogen-bond acceptors (Lipinski definition) is 4. The molecular weight excluding hydrogens is 457 g/mol. The first-order chi connectivity index (χ1) is 15.6. The molecule has 2 aliphatic rings. The molecule has 4 rings (SSSR count). The average molecular weight is 481 g/mol. The summed E-state index contributed by atoms with van der Waals surface area (Å²) in [5.41, 5.74) is 2.65. The molecule has 0 bridgehead atoms. The minimum atomic E-state index is -4.72. The predicted octanol–water partition coefficient (Wildman–Crippen LogP) is 4.04. The van der Waals surface area contributed by atoms with Crippen LogP contribution in [0.3, 0.4) is 0 Å². The first kappa shape index (κ1) is 23.4. The van der Waals surface area contributed by atoms with Crippen LogP contribution < -0.4 is 10.6 Å². The smallest absolute Gasteiger partial charge is 0.380 e. The standard InChI is InChI=1S/C23H24ClF3N4O2/c1-31(22(33)19-3-2-4-20(32)30-19)21(23(25,26)27)18-8-7-16(12-28-18)29-17-10-13-5-6-15(24)9-14(13)11-17/h5-9,12,17,19,21,29H,2-4,10-11H2,1H3,(H,30,32)/t17-,19+,21-/m0/s1. The Balaban J connectivity index is 1.46. The number of rotatable bonds is 5. The second-order valence-electron chi connectivity index (χ2n) is 8.54. The van der Waals surface area contributed by atoms with Crippen LogP contribution in [0.2, 0.25) is 5.02 Å². The van der Waals surface area contributed by atoms with E-state index < -0.39 is 24.2 Å². The maximum absolute atomic E-state index is 13.9. The zero-order valence-electron chi connectivity index (χ0n) is 18.0. The molecule has 10 heteroatoms. The third kappa shape index (κ3) is 5.24. The summed E-state index contributed by atoms with van der Waals surface area (Å²) in [6.07, 6.45) is -0.794. The van der Waals surface area contributed by atoms with Gasteiger partial charge < -0.3 is 15.5 Å². The number of benzene rings is 1. The Labute approximate surface area is 194 Å². The topological polar surface area (TPSA) is 74.3 Å². The number of fused-ring (bicyclic) bond motifs is 1. The van der Waals surface area contributed by atoms with Gasteiger partial charge in [-0.2, -0.15) is 13.2 Å². The van der Waals surface area contributed by atoms with Crippen molar-refractivity contribution in [1.29, 1.82) is 0 Å². The second kappa shape index (κ2) is 9.21. The Morgan fingerprint density at radius 3 is 2.67 bits per heavy atom. The van der Waals surface area contributed by atoms with Crippen LogP contribution in [0, 0.1) is 0 Å². The van der Waals surface area contributed by atoms with Crippen LogP contribution in [-0.4, -0.2) is 47.0 Å². The number of anilines is 1. The number of piperidine rings is 1. The third-order valence-electron chi connectivity index (χ3n) is 6.11. The lowest BCUT2D eigenvalue weighted by atomic mass is 10.0. The number of pyridine rings is 1. The molecule has 0 spiro atoms. The van der Waals surface area contributed by atoms with Gasteiger partial charge in [0, 0.05) is 24.5 Å². The average Bonchev–Trinajstić information content (AvgIpc) is 3.14. The van der Waals surface area contributed by atoms with E-state index in [9.17, 15) is 22.8 Å². The molecule has 1 aromatic carbocycles. The van der Waals surface area contributed by atoms with Gasteiger partial charge in [0.05, 0.1) is 17.6 Å². The maximum atomic E-state index is 13.9. The molecular formula is C23H24ClF3N4O2. The molecule has 1 aliphatic heterocycles. The molecule has 1 aliphatic carbocycles. The fraction of sp³-hybridized carbons (Fsp3) is 0.435. The number of hydrogen-bond donors (Lipinski definition) is 2. The Bertz CT molecular complexity index is 1040. The van der Waals surface area contributed by atoms with E-state index in [1.165, 1.54) is 23.9 Å². The quantitative estimate of drug-likeness (QED) is 0.677. The highest BCUT2D eigenvalue weighted by Gasteiger charge is 2.47. The van der Waals surface area contributed by atoms with Gasteiger partial charge in [0.15, 0.2) is 6.04 Å². The van der Waals surface area contributed by atoms with Crippen LogP contribution in [0.25, 0.3) is 0 Å². The van der Waals surface area contributed by atoms with Crippen LogP contribution in [-0.2, 0) is 22.4 Å². The van der Waals surface area contributed by atoms with Crippen molar-refractivity contribution in [3.05, 3.63) is 58.4 Å². The summed E-state index contributed by atoms with van der Waals surface area (Å²) in [7, 11) is 1.09. The van der Waals surface area contributed by atoms with Gasteiger partial charge in [-0.15, -0.1) is 0 Å². The molecule has 1 aromatic heterocycles. The molecule has 176 valence electrons. The van der Waals surface area contributed by atoms with Gasteiger partial charge in [-0.25, -0.2) is 0 Å². The minimum Gasteiger partial charge on any atom is -0.380 e. The monoisotopic (exact) mass is 480 g/mol. The van der Waals surface area contributed by atoms with Gasteiger partial charge in [-0.3, -0.25) is 14.6 Å². The molecule has 2 aromatic rings. The van der Waals surface area contributed by atoms with Gasteiger partial charge in [0.2, 0.25) is 11.8 Å². The number of alkyl halides is 3. The number of halogens is 4. The summed E-state index contributed by atoms with van der Waals surface area (Å²) < 4.78 is 41.8. The van der Waals surface area contributed by atoms with Crippen LogP contribution >= 0.6 is 11.6 Å². The number of nitrogens with zero attached hydrogens (tertiary/aromatic N) is 2. The SMILES string of the molecule is CN(C(=O)[C@H]1CCCC(=O)N1)[C@@H](c1ccc(N[C@H]2Cc3ccc(Cl)cc3C2)cn1)C(F)(F)F. The van der Waals surface area contributed by atoms with E-state index in [2.05, 4.69) is 15.6 Å². The van der Waals surface area contributed by atoms with Crippen molar-refractivity contribution < 1.29 is 22.8 Å². The van der Waals surface area contributed by atoms with Gasteiger partial charge in [0.1, 0.15) is 6.04 Å². The Kier molecular flexibility index (Phi) is 6.52. The lowest BCUT2D eigenvalue weighted by Crippen LogP contribution is -2.52. The summed E-state index contributed by atoms with van der Waals surface area (Å²) in [5.74, 6) is -1.11. The number of likely N-dealkylation sites (N-methyl/N-ethyl adjacent to an activating group) is 1. The Hall–Kier alpha value is -2.81. The molecule has 0 saturated carbocycles. The molecule has 0 unspecified atom stereocenters. The van der Waals surface area contributed by atoms with E-state index in [4.69, 9.17) is 11.6 Å². The highest BCUT2D eigenvalue weighted by Crippen LogP contribution is 2.37. The molecule has 3 atom stereocenters. The van der Waals surface area contributed by atoms with Crippen molar-refractivity contribution >= 4 is 29.1 Å². The molecule has 1 saturated heterocycles. The maximum Gasteiger partial charge on any atom is 0.414 e. The van der Waals surface area contributed by atoms with Gasteiger partial charge in [-0.05, 0) is 61.1 Å². The van der Waals surface area contributed by atoms with Gasteiger partial charge in [-0.1, -0.05) is 17.7 Å². The van der Waals surface area contributed by atoms with Crippen molar-refractivity contribution in [3.8, 4) is 0 Å². The summed E-state index contributed by atoms with van der Waals surface area (Å²) >= 11 is 6.05. The highest BCUT2D eigenvalue weighted by atomic mass is 35.5. The fourth-order valence-electron chi connectivity index (χ4n) is 4.53. The minimum absolute atomic E-state index is 0.0868. The summed E-state index contributed by atoms with van der Waals surface area (Å²) in [4.78, 5) is 28.9. The summed E-state index contributed by atoms with van der Waals surface area (Å²) in [5, 5.41) is 6.46. The van der Waals surface area contributed by atoms with E-state index in [0.29, 0.717) is 28.5 Å². The predicted molar refractivity (Wildman–Crippen MR) is 118 cm³/mol. The van der Waals surface area contributed by atoms with Crippen molar-refractivity contribution in [2.75, 3.05) is 12.4 Å². The Morgan fingerprint density at radius 1 is 1.24 bits per heavy atom. The van der Waals surface area contributed by atoms with E-state index >= 15 is 0 Å². The van der Waals surface area contributed by atoms with Crippen molar-refractivity contribution in [1.82, 2.24) is 15.2 Å². The van der Waals surface area contributed by atoms with Gasteiger partial charge in [0.25, 0.3) is 0 Å². The van der Waals surface area contributed by atoms with E-state index in [0.717, 1.165) is 25.5 Å². The summed E-state index contributed by atoms with van der Waals surface area (Å²) in [6.45, 7) is 0. The molecule has 6 nitrogen and oxygen atoms in total. The fourth-order valence-corrected chi connectivity index (χ4v) is 4.72. The first-order valence-electron chi connectivity index (χ1n) is 10.7. The molecule has 2 N–H and O–H groups in total. The van der Waals surface area contributed by atoms with E-state index in [-0.39, 0.29) is 24.1 Å². The number of aromatic nitrogens is 1. The van der Waals surface area contributed by atoms with E-state index in [1.54, 1.807) is 0 Å². The van der Waals surface area contributed by atoms with Crippen LogP contribution in [0.4, 0.5) is 18.9 Å². The van der Waals surface area contributed by atoms with Crippen LogP contribution in [0.15, 0.2) is 36.5 Å². The third-order valence-corrected chi connectivity index (χ3v) is 6.35. The number of nitrogens with one attached hydrogen (secondary N) is 2. The molecule has 1 fully saturated rings. The van der Waals surface area contributed by atoms with Crippen LogP contribution in [0.1, 0.15) is 42.1 Å². The lowest BCUT2D eigenvalue weighted by molar-refractivity contribution is -0.190. The van der Waals surface area contributed by atoms with E-state index in [1.807, 2.05) is 18.2 Å². The molecule has 2 amide bonds. The number of amides is 2. The molecule has 33 heavy (non-hydrogen) atoms. The first-order valence-corrected chi connectivity index (χ1v) is 11.1. The second-order valence-corrected chi connectivity index (χ2v) is 8.98. The molecule has 2 heterocycles. The van der Waals surface area contributed by atoms with Crippen molar-refractivity contribution in [3.63, 3.8) is 0 Å². The van der Waals surface area contributed by atoms with Crippen molar-refractivity contribution in [2.45, 2.75) is 56.4 Å².